The number of aryl methyl sites for hydroxylation is 1. The molecular formula is C19H18F6N4O. The van der Waals surface area contributed by atoms with E-state index in [4.69, 9.17) is 0 Å². The molecule has 0 aliphatic carbocycles. The maximum Gasteiger partial charge on any atom is 0.419 e. The molecule has 1 aliphatic rings. The van der Waals surface area contributed by atoms with Gasteiger partial charge >= 0.3 is 18.4 Å². The van der Waals surface area contributed by atoms with Gasteiger partial charge in [0, 0.05) is 38.1 Å². The third-order valence-electron chi connectivity index (χ3n) is 4.74. The van der Waals surface area contributed by atoms with Crippen LogP contribution < -0.4 is 10.2 Å². The Bertz CT molecular complexity index is 920. The summed E-state index contributed by atoms with van der Waals surface area (Å²) in [7, 11) is 0. The molecule has 2 aromatic rings. The van der Waals surface area contributed by atoms with Crippen LogP contribution >= 0.6 is 0 Å². The quantitative estimate of drug-likeness (QED) is 0.695. The lowest BCUT2D eigenvalue weighted by molar-refractivity contribution is -0.138. The average Bonchev–Trinajstić information content (AvgIpc) is 2.66. The molecule has 1 saturated heterocycles. The minimum atomic E-state index is -4.54. The van der Waals surface area contributed by atoms with Crippen molar-refractivity contribution in [1.29, 1.82) is 0 Å². The molecule has 1 aliphatic heterocycles. The van der Waals surface area contributed by atoms with Gasteiger partial charge in [-0.25, -0.2) is 9.78 Å². The minimum absolute atomic E-state index is 0.0278. The van der Waals surface area contributed by atoms with Gasteiger partial charge in [-0.15, -0.1) is 0 Å². The summed E-state index contributed by atoms with van der Waals surface area (Å²) in [5, 5.41) is 2.53. The van der Waals surface area contributed by atoms with E-state index >= 15 is 0 Å². The van der Waals surface area contributed by atoms with Gasteiger partial charge in [0.05, 0.1) is 11.1 Å². The molecule has 0 atom stereocenters. The first-order valence-corrected chi connectivity index (χ1v) is 8.98. The second-order valence-corrected chi connectivity index (χ2v) is 6.80. The fourth-order valence-electron chi connectivity index (χ4n) is 3.25. The topological polar surface area (TPSA) is 48.5 Å². The largest absolute Gasteiger partial charge is 0.419 e. The number of hydrogen-bond donors (Lipinski definition) is 1. The Kier molecular flexibility index (Phi) is 5.82. The van der Waals surface area contributed by atoms with E-state index in [2.05, 4.69) is 10.3 Å². The summed E-state index contributed by atoms with van der Waals surface area (Å²) in [4.78, 5) is 19.1. The van der Waals surface area contributed by atoms with E-state index in [0.717, 1.165) is 18.2 Å². The van der Waals surface area contributed by atoms with Crippen LogP contribution in [0, 0.1) is 6.92 Å². The molecule has 0 saturated carbocycles. The van der Waals surface area contributed by atoms with E-state index in [0.29, 0.717) is 0 Å². The van der Waals surface area contributed by atoms with Crippen LogP contribution in [-0.4, -0.2) is 42.1 Å². The number of hydrogen-bond acceptors (Lipinski definition) is 3. The highest BCUT2D eigenvalue weighted by Crippen LogP contribution is 2.35. The van der Waals surface area contributed by atoms with Crippen molar-refractivity contribution in [3.05, 3.63) is 53.2 Å². The van der Waals surface area contributed by atoms with Crippen LogP contribution in [0.1, 0.15) is 16.7 Å². The zero-order valence-electron chi connectivity index (χ0n) is 15.8. The first-order valence-electron chi connectivity index (χ1n) is 8.98. The zero-order chi connectivity index (χ0) is 22.1. The van der Waals surface area contributed by atoms with Crippen molar-refractivity contribution in [2.24, 2.45) is 0 Å². The molecule has 2 amide bonds. The summed E-state index contributed by atoms with van der Waals surface area (Å²) in [5.74, 6) is -0.191. The van der Waals surface area contributed by atoms with E-state index in [1.165, 1.54) is 35.1 Å². The molecule has 30 heavy (non-hydrogen) atoms. The van der Waals surface area contributed by atoms with Crippen LogP contribution in [0.4, 0.5) is 42.6 Å². The number of halogens is 6. The van der Waals surface area contributed by atoms with Crippen molar-refractivity contribution >= 4 is 17.5 Å². The fraction of sp³-hybridized carbons (Fsp3) is 0.368. The normalized spacial score (nSPS) is 15.3. The van der Waals surface area contributed by atoms with Crippen molar-refractivity contribution in [2.45, 2.75) is 19.3 Å². The number of carbonyl (C=O) groups is 1. The second-order valence-electron chi connectivity index (χ2n) is 6.80. The van der Waals surface area contributed by atoms with E-state index in [1.54, 1.807) is 0 Å². The first kappa shape index (κ1) is 21.7. The van der Waals surface area contributed by atoms with Crippen LogP contribution in [0.5, 0.6) is 0 Å². The number of alkyl halides is 6. The molecule has 3 rings (SSSR count). The molecule has 1 N–H and O–H groups in total. The number of pyridine rings is 1. The number of aromatic nitrogens is 1. The van der Waals surface area contributed by atoms with Gasteiger partial charge in [-0.2, -0.15) is 26.3 Å². The Balaban J connectivity index is 1.64. The smallest absolute Gasteiger partial charge is 0.353 e. The number of rotatable bonds is 2. The third-order valence-corrected chi connectivity index (χ3v) is 4.74. The summed E-state index contributed by atoms with van der Waals surface area (Å²) in [5.41, 5.74) is -1.45. The highest BCUT2D eigenvalue weighted by Gasteiger charge is 2.36. The van der Waals surface area contributed by atoms with Crippen LogP contribution in [0.2, 0.25) is 0 Å². The van der Waals surface area contributed by atoms with E-state index < -0.39 is 29.5 Å². The van der Waals surface area contributed by atoms with Crippen molar-refractivity contribution in [3.63, 3.8) is 0 Å². The maximum atomic E-state index is 13.2. The number of amides is 2. The van der Waals surface area contributed by atoms with Gasteiger partial charge in [0.25, 0.3) is 0 Å². The van der Waals surface area contributed by atoms with Gasteiger partial charge in [-0.3, -0.25) is 0 Å². The number of anilines is 2. The Morgan fingerprint density at radius 3 is 2.17 bits per heavy atom. The molecule has 1 aromatic heterocycles. The van der Waals surface area contributed by atoms with Crippen LogP contribution in [0.15, 0.2) is 36.5 Å². The molecule has 0 bridgehead atoms. The summed E-state index contributed by atoms with van der Waals surface area (Å²) < 4.78 is 78.0. The Hall–Kier alpha value is -2.98. The maximum absolute atomic E-state index is 13.2. The summed E-state index contributed by atoms with van der Waals surface area (Å²) in [6.45, 7) is 1.85. The molecule has 2 heterocycles. The molecular weight excluding hydrogens is 414 g/mol. The van der Waals surface area contributed by atoms with E-state index in [9.17, 15) is 31.1 Å². The lowest BCUT2D eigenvalue weighted by atomic mass is 10.1. The molecule has 1 fully saturated rings. The van der Waals surface area contributed by atoms with Crippen molar-refractivity contribution < 1.29 is 31.1 Å². The van der Waals surface area contributed by atoms with Crippen molar-refractivity contribution in [2.75, 3.05) is 36.4 Å². The van der Waals surface area contributed by atoms with Gasteiger partial charge in [0.15, 0.2) is 0 Å². The molecule has 1 aromatic carbocycles. The highest BCUT2D eigenvalue weighted by atomic mass is 19.4. The van der Waals surface area contributed by atoms with Gasteiger partial charge < -0.3 is 15.1 Å². The molecule has 5 nitrogen and oxygen atoms in total. The van der Waals surface area contributed by atoms with Crippen LogP contribution in [-0.2, 0) is 12.4 Å². The number of benzene rings is 1. The predicted molar refractivity (Wildman–Crippen MR) is 98.2 cm³/mol. The minimum Gasteiger partial charge on any atom is -0.353 e. The summed E-state index contributed by atoms with van der Waals surface area (Å²) in [6.07, 6.45) is -7.75. The predicted octanol–water partition coefficient (Wildman–Crippen LogP) is 4.78. The summed E-state index contributed by atoms with van der Waals surface area (Å²) >= 11 is 0. The number of piperazine rings is 1. The second kappa shape index (κ2) is 8.04. The molecule has 0 radical (unpaired) electrons. The summed E-state index contributed by atoms with van der Waals surface area (Å²) in [6, 6.07) is 4.90. The monoisotopic (exact) mass is 432 g/mol. The molecule has 0 unspecified atom stereocenters. The molecule has 162 valence electrons. The van der Waals surface area contributed by atoms with Gasteiger partial charge in [0.1, 0.15) is 5.82 Å². The van der Waals surface area contributed by atoms with E-state index in [-0.39, 0.29) is 43.2 Å². The number of nitrogens with one attached hydrogen (secondary N) is 1. The number of carbonyl (C=O) groups excluding carboxylic acids is 1. The standard InChI is InChI=1S/C19H18F6N4O/c1-12-11-13(4-5-14(12)18(20,21)22)27-17(30)29-9-7-28(8-10-29)16-15(19(23,24)25)3-2-6-26-16/h2-6,11H,7-10H2,1H3,(H,27,30). The number of nitrogens with zero attached hydrogens (tertiary/aromatic N) is 3. The SMILES string of the molecule is Cc1cc(NC(=O)N2CCN(c3ncccc3C(F)(F)F)CC2)ccc1C(F)(F)F. The van der Waals surface area contributed by atoms with Crippen molar-refractivity contribution in [3.8, 4) is 0 Å². The number of urea groups is 1. The van der Waals surface area contributed by atoms with Crippen LogP contribution in [0.25, 0.3) is 0 Å². The highest BCUT2D eigenvalue weighted by molar-refractivity contribution is 5.89. The van der Waals surface area contributed by atoms with Gasteiger partial charge in [-0.1, -0.05) is 0 Å². The first-order chi connectivity index (χ1) is 14.0. The van der Waals surface area contributed by atoms with Crippen molar-refractivity contribution in [1.82, 2.24) is 9.88 Å². The van der Waals surface area contributed by atoms with Gasteiger partial charge in [-0.05, 0) is 42.8 Å². The van der Waals surface area contributed by atoms with E-state index in [1.807, 2.05) is 0 Å². The Labute approximate surface area is 168 Å². The fourth-order valence-corrected chi connectivity index (χ4v) is 3.25. The zero-order valence-corrected chi connectivity index (χ0v) is 15.8. The Morgan fingerprint density at radius 2 is 1.60 bits per heavy atom. The molecule has 11 heteroatoms. The van der Waals surface area contributed by atoms with Crippen LogP contribution in [0.3, 0.4) is 0 Å². The Morgan fingerprint density at radius 1 is 0.967 bits per heavy atom. The third kappa shape index (κ3) is 4.77. The average molecular weight is 432 g/mol. The lowest BCUT2D eigenvalue weighted by Gasteiger charge is -2.36. The lowest BCUT2D eigenvalue weighted by Crippen LogP contribution is -2.50. The van der Waals surface area contributed by atoms with Gasteiger partial charge in [0.2, 0.25) is 0 Å². The molecule has 0 spiro atoms.